The SMILES string of the molecule is CCCCC[C@@H](CC)OC(=O)[C@@](O)(c1cccs1)C1CCCCC1. The van der Waals surface area contributed by atoms with Crippen LogP contribution in [0.5, 0.6) is 0 Å². The summed E-state index contributed by atoms with van der Waals surface area (Å²) >= 11 is 1.46. The first-order valence-electron chi connectivity index (χ1n) is 9.60. The Labute approximate surface area is 150 Å². The van der Waals surface area contributed by atoms with E-state index in [2.05, 4.69) is 13.8 Å². The quantitative estimate of drug-likeness (QED) is 0.477. The van der Waals surface area contributed by atoms with Crippen LogP contribution in [0.25, 0.3) is 0 Å². The molecule has 1 fully saturated rings. The highest BCUT2D eigenvalue weighted by Crippen LogP contribution is 2.42. The molecule has 0 spiro atoms. The minimum atomic E-state index is -1.47. The van der Waals surface area contributed by atoms with Gasteiger partial charge in [0.05, 0.1) is 0 Å². The number of thiophene rings is 1. The first-order chi connectivity index (χ1) is 11.6. The minimum Gasteiger partial charge on any atom is -0.460 e. The van der Waals surface area contributed by atoms with Crippen molar-refractivity contribution < 1.29 is 14.6 Å². The summed E-state index contributed by atoms with van der Waals surface area (Å²) in [6.45, 7) is 4.22. The topological polar surface area (TPSA) is 46.5 Å². The van der Waals surface area contributed by atoms with Gasteiger partial charge >= 0.3 is 5.97 Å². The van der Waals surface area contributed by atoms with Crippen molar-refractivity contribution >= 4 is 17.3 Å². The van der Waals surface area contributed by atoms with E-state index in [0.717, 1.165) is 62.7 Å². The zero-order chi connectivity index (χ0) is 17.4. The largest absolute Gasteiger partial charge is 0.460 e. The lowest BCUT2D eigenvalue weighted by atomic mass is 9.76. The molecule has 0 amide bonds. The van der Waals surface area contributed by atoms with Gasteiger partial charge in [-0.25, -0.2) is 4.79 Å². The lowest BCUT2D eigenvalue weighted by Crippen LogP contribution is -2.45. The highest BCUT2D eigenvalue weighted by atomic mass is 32.1. The first-order valence-corrected chi connectivity index (χ1v) is 10.5. The van der Waals surface area contributed by atoms with Crippen molar-refractivity contribution in [3.63, 3.8) is 0 Å². The van der Waals surface area contributed by atoms with Crippen LogP contribution >= 0.6 is 11.3 Å². The Balaban J connectivity index is 2.12. The van der Waals surface area contributed by atoms with Crippen LogP contribution in [-0.2, 0) is 15.1 Å². The summed E-state index contributed by atoms with van der Waals surface area (Å²) in [6.07, 6.45) is 10.2. The van der Waals surface area contributed by atoms with Crippen molar-refractivity contribution in [1.29, 1.82) is 0 Å². The van der Waals surface area contributed by atoms with E-state index in [1.807, 2.05) is 17.5 Å². The number of aliphatic hydroxyl groups is 1. The molecule has 1 heterocycles. The van der Waals surface area contributed by atoms with E-state index >= 15 is 0 Å². The molecule has 4 heteroatoms. The average molecular weight is 353 g/mol. The van der Waals surface area contributed by atoms with E-state index in [1.54, 1.807) is 0 Å². The number of ether oxygens (including phenoxy) is 1. The summed E-state index contributed by atoms with van der Waals surface area (Å²) in [5.41, 5.74) is -1.47. The molecule has 0 unspecified atom stereocenters. The van der Waals surface area contributed by atoms with Crippen molar-refractivity contribution in [3.8, 4) is 0 Å². The average Bonchev–Trinajstić information content (AvgIpc) is 3.16. The van der Waals surface area contributed by atoms with Gasteiger partial charge in [-0.1, -0.05) is 52.0 Å². The fraction of sp³-hybridized carbons (Fsp3) is 0.750. The van der Waals surface area contributed by atoms with Gasteiger partial charge in [-0.3, -0.25) is 0 Å². The molecule has 0 aliphatic heterocycles. The van der Waals surface area contributed by atoms with Crippen LogP contribution in [0.15, 0.2) is 17.5 Å². The predicted octanol–water partition coefficient (Wildman–Crippen LogP) is 5.42. The van der Waals surface area contributed by atoms with E-state index in [4.69, 9.17) is 4.74 Å². The Morgan fingerprint density at radius 2 is 2.08 bits per heavy atom. The maximum Gasteiger partial charge on any atom is 0.344 e. The highest BCUT2D eigenvalue weighted by Gasteiger charge is 2.48. The molecule has 1 N–H and O–H groups in total. The molecule has 0 saturated heterocycles. The summed E-state index contributed by atoms with van der Waals surface area (Å²) in [7, 11) is 0. The first kappa shape index (κ1) is 19.5. The summed E-state index contributed by atoms with van der Waals surface area (Å²) < 4.78 is 5.81. The molecule has 2 rings (SSSR count). The van der Waals surface area contributed by atoms with Gasteiger partial charge in [0.2, 0.25) is 0 Å². The smallest absolute Gasteiger partial charge is 0.344 e. The Bertz CT molecular complexity index is 479. The van der Waals surface area contributed by atoms with E-state index in [1.165, 1.54) is 17.8 Å². The second kappa shape index (κ2) is 9.57. The van der Waals surface area contributed by atoms with Crippen molar-refractivity contribution in [3.05, 3.63) is 22.4 Å². The van der Waals surface area contributed by atoms with Crippen molar-refractivity contribution in [1.82, 2.24) is 0 Å². The third-order valence-corrected chi connectivity index (χ3v) is 6.26. The molecular weight excluding hydrogens is 320 g/mol. The maximum absolute atomic E-state index is 13.0. The Morgan fingerprint density at radius 3 is 2.67 bits per heavy atom. The Morgan fingerprint density at radius 1 is 1.33 bits per heavy atom. The highest BCUT2D eigenvalue weighted by molar-refractivity contribution is 7.10. The lowest BCUT2D eigenvalue weighted by Gasteiger charge is -2.36. The van der Waals surface area contributed by atoms with Crippen molar-refractivity contribution in [2.45, 2.75) is 89.8 Å². The third-order valence-electron chi connectivity index (χ3n) is 5.26. The number of hydrogen-bond acceptors (Lipinski definition) is 4. The Kier molecular flexibility index (Phi) is 7.76. The van der Waals surface area contributed by atoms with Crippen LogP contribution in [0.4, 0.5) is 0 Å². The van der Waals surface area contributed by atoms with Crippen LogP contribution in [0.2, 0.25) is 0 Å². The molecular formula is C20H32O3S. The van der Waals surface area contributed by atoms with Gasteiger partial charge in [0, 0.05) is 10.8 Å². The molecule has 0 radical (unpaired) electrons. The van der Waals surface area contributed by atoms with Gasteiger partial charge in [-0.05, 0) is 43.6 Å². The number of unbranched alkanes of at least 4 members (excludes halogenated alkanes) is 2. The summed E-state index contributed by atoms with van der Waals surface area (Å²) in [6, 6.07) is 3.78. The van der Waals surface area contributed by atoms with Crippen LogP contribution in [0.3, 0.4) is 0 Å². The predicted molar refractivity (Wildman–Crippen MR) is 99.1 cm³/mol. The molecule has 0 aromatic carbocycles. The number of carbonyl (C=O) groups excluding carboxylic acids is 1. The molecule has 24 heavy (non-hydrogen) atoms. The van der Waals surface area contributed by atoms with Gasteiger partial charge in [0.1, 0.15) is 6.10 Å². The van der Waals surface area contributed by atoms with Crippen LogP contribution in [0, 0.1) is 5.92 Å². The molecule has 1 aliphatic rings. The zero-order valence-corrected chi connectivity index (χ0v) is 15.9. The van der Waals surface area contributed by atoms with Gasteiger partial charge in [0.25, 0.3) is 0 Å². The molecule has 1 aliphatic carbocycles. The normalized spacial score (nSPS) is 19.6. The van der Waals surface area contributed by atoms with Crippen LogP contribution in [-0.4, -0.2) is 17.2 Å². The monoisotopic (exact) mass is 352 g/mol. The van der Waals surface area contributed by atoms with Crippen LogP contribution < -0.4 is 0 Å². The zero-order valence-electron chi connectivity index (χ0n) is 15.1. The maximum atomic E-state index is 13.0. The molecule has 1 aromatic rings. The number of rotatable bonds is 9. The second-order valence-corrected chi connectivity index (χ2v) is 7.96. The molecule has 0 bridgehead atoms. The number of hydrogen-bond donors (Lipinski definition) is 1. The number of carbonyl (C=O) groups is 1. The van der Waals surface area contributed by atoms with Crippen molar-refractivity contribution in [2.75, 3.05) is 0 Å². The van der Waals surface area contributed by atoms with Gasteiger partial charge in [0.15, 0.2) is 5.60 Å². The molecule has 1 saturated carbocycles. The summed E-state index contributed by atoms with van der Waals surface area (Å²) in [5, 5.41) is 13.3. The van der Waals surface area contributed by atoms with Gasteiger partial charge in [-0.15, -0.1) is 11.3 Å². The van der Waals surface area contributed by atoms with Crippen LogP contribution in [0.1, 0.15) is 82.9 Å². The summed E-state index contributed by atoms with van der Waals surface area (Å²) in [4.78, 5) is 13.7. The van der Waals surface area contributed by atoms with Crippen molar-refractivity contribution in [2.24, 2.45) is 5.92 Å². The number of esters is 1. The standard InChI is InChI=1S/C20H32O3S/c1-3-5-7-13-17(4-2)23-19(21)20(22,18-14-10-15-24-18)16-11-8-6-9-12-16/h10,14-17,22H,3-9,11-13H2,1-2H3/t17-,20+/m1/s1. The minimum absolute atomic E-state index is 0.0226. The lowest BCUT2D eigenvalue weighted by molar-refractivity contribution is -0.181. The fourth-order valence-electron chi connectivity index (χ4n) is 3.69. The van der Waals surface area contributed by atoms with E-state index in [0.29, 0.717) is 0 Å². The van der Waals surface area contributed by atoms with E-state index in [9.17, 15) is 9.90 Å². The summed E-state index contributed by atoms with van der Waals surface area (Å²) in [5.74, 6) is -0.453. The van der Waals surface area contributed by atoms with Gasteiger partial charge in [-0.2, -0.15) is 0 Å². The van der Waals surface area contributed by atoms with Gasteiger partial charge < -0.3 is 9.84 Å². The third kappa shape index (κ3) is 4.60. The Hall–Kier alpha value is -0.870. The molecule has 3 nitrogen and oxygen atoms in total. The fourth-order valence-corrected chi connectivity index (χ4v) is 4.58. The molecule has 2 atom stereocenters. The second-order valence-electron chi connectivity index (χ2n) is 7.01. The van der Waals surface area contributed by atoms with E-state index in [-0.39, 0.29) is 12.0 Å². The molecule has 1 aromatic heterocycles. The molecule has 136 valence electrons. The van der Waals surface area contributed by atoms with E-state index < -0.39 is 11.6 Å².